The van der Waals surface area contributed by atoms with Gasteiger partial charge in [-0.05, 0) is 48.7 Å². The van der Waals surface area contributed by atoms with Gasteiger partial charge in [0.2, 0.25) is 5.91 Å². The lowest BCUT2D eigenvalue weighted by Crippen LogP contribution is -2.31. The zero-order valence-corrected chi connectivity index (χ0v) is 15.0. The SMILES string of the molecule is COc1ccc(NC(=O)Cn2nc(C)n3c(cc4ccsc43)c2=O)cc1. The maximum absolute atomic E-state index is 12.7. The summed E-state index contributed by atoms with van der Waals surface area (Å²) < 4.78 is 8.12. The van der Waals surface area contributed by atoms with E-state index < -0.39 is 0 Å². The molecule has 1 aromatic carbocycles. The van der Waals surface area contributed by atoms with Gasteiger partial charge in [-0.1, -0.05) is 0 Å². The van der Waals surface area contributed by atoms with Gasteiger partial charge in [-0.25, -0.2) is 4.68 Å². The number of aromatic nitrogens is 3. The zero-order chi connectivity index (χ0) is 18.3. The van der Waals surface area contributed by atoms with Crippen LogP contribution in [-0.4, -0.2) is 27.2 Å². The third kappa shape index (κ3) is 2.74. The lowest BCUT2D eigenvalue weighted by Gasteiger charge is -2.09. The van der Waals surface area contributed by atoms with E-state index in [1.165, 1.54) is 4.68 Å². The van der Waals surface area contributed by atoms with Crippen LogP contribution in [0.1, 0.15) is 5.82 Å². The molecule has 3 aromatic heterocycles. The Morgan fingerprint density at radius 3 is 2.77 bits per heavy atom. The lowest BCUT2D eigenvalue weighted by atomic mass is 10.3. The van der Waals surface area contributed by atoms with Gasteiger partial charge in [-0.15, -0.1) is 11.3 Å². The van der Waals surface area contributed by atoms with Crippen LogP contribution < -0.4 is 15.6 Å². The van der Waals surface area contributed by atoms with Gasteiger partial charge in [-0.3, -0.25) is 14.0 Å². The molecule has 0 spiro atoms. The summed E-state index contributed by atoms with van der Waals surface area (Å²) in [6.07, 6.45) is 0. The van der Waals surface area contributed by atoms with Gasteiger partial charge >= 0.3 is 0 Å². The summed E-state index contributed by atoms with van der Waals surface area (Å²) >= 11 is 1.56. The van der Waals surface area contributed by atoms with Gasteiger partial charge in [0.05, 0.1) is 7.11 Å². The van der Waals surface area contributed by atoms with Crippen molar-refractivity contribution in [3.8, 4) is 5.75 Å². The van der Waals surface area contributed by atoms with Crippen LogP contribution in [0.15, 0.2) is 46.6 Å². The normalized spacial score (nSPS) is 11.2. The molecule has 1 N–H and O–H groups in total. The van der Waals surface area contributed by atoms with Crippen molar-refractivity contribution in [2.75, 3.05) is 12.4 Å². The van der Waals surface area contributed by atoms with Crippen molar-refractivity contribution in [3.05, 3.63) is 58.0 Å². The second-order valence-electron chi connectivity index (χ2n) is 5.83. The van der Waals surface area contributed by atoms with Crippen LogP contribution in [0, 0.1) is 6.92 Å². The Hall–Kier alpha value is -3.13. The van der Waals surface area contributed by atoms with E-state index in [1.54, 1.807) is 42.7 Å². The molecular formula is C18H16N4O3S. The van der Waals surface area contributed by atoms with Gasteiger partial charge < -0.3 is 10.1 Å². The smallest absolute Gasteiger partial charge is 0.291 e. The molecule has 0 radical (unpaired) electrons. The van der Waals surface area contributed by atoms with Crippen LogP contribution in [0.5, 0.6) is 5.75 Å². The number of rotatable bonds is 4. The van der Waals surface area contributed by atoms with Gasteiger partial charge in [-0.2, -0.15) is 5.10 Å². The van der Waals surface area contributed by atoms with Gasteiger partial charge in [0.1, 0.15) is 28.5 Å². The van der Waals surface area contributed by atoms with E-state index in [0.717, 1.165) is 10.2 Å². The number of benzene rings is 1. The third-order valence-corrected chi connectivity index (χ3v) is 5.03. The molecule has 4 rings (SSSR count). The van der Waals surface area contributed by atoms with Gasteiger partial charge in [0.15, 0.2) is 0 Å². The number of thiophene rings is 1. The topological polar surface area (TPSA) is 77.6 Å². The van der Waals surface area contributed by atoms with E-state index in [4.69, 9.17) is 4.74 Å². The van der Waals surface area contributed by atoms with Crippen molar-refractivity contribution in [2.45, 2.75) is 13.5 Å². The Labute approximate surface area is 152 Å². The second kappa shape index (κ2) is 6.30. The number of aryl methyl sites for hydroxylation is 1. The largest absolute Gasteiger partial charge is 0.497 e. The van der Waals surface area contributed by atoms with Crippen molar-refractivity contribution in [3.63, 3.8) is 0 Å². The number of amides is 1. The van der Waals surface area contributed by atoms with Crippen molar-refractivity contribution in [1.82, 2.24) is 14.2 Å². The standard InChI is InChI=1S/C18H16N4O3S/c1-11-20-21(10-16(23)19-13-3-5-14(25-2)6-4-13)17(24)15-9-12-7-8-26-18(12)22(11)15/h3-9H,10H2,1-2H3,(H,19,23). The minimum atomic E-state index is -0.318. The molecular weight excluding hydrogens is 352 g/mol. The summed E-state index contributed by atoms with van der Waals surface area (Å²) in [7, 11) is 1.58. The Bertz CT molecular complexity index is 1170. The Kier molecular flexibility index (Phi) is 3.96. The van der Waals surface area contributed by atoms with Crippen LogP contribution in [0.25, 0.3) is 15.7 Å². The first-order valence-corrected chi connectivity index (χ1v) is 8.85. The number of carbonyl (C=O) groups excluding carboxylic acids is 1. The fraction of sp³-hybridized carbons (Fsp3) is 0.167. The van der Waals surface area contributed by atoms with Crippen LogP contribution in [0.4, 0.5) is 5.69 Å². The highest BCUT2D eigenvalue weighted by Gasteiger charge is 2.14. The number of ether oxygens (including phenoxy) is 1. The molecule has 3 heterocycles. The first-order chi connectivity index (χ1) is 12.6. The third-order valence-electron chi connectivity index (χ3n) is 4.12. The van der Waals surface area contributed by atoms with Crippen LogP contribution in [0.2, 0.25) is 0 Å². The average Bonchev–Trinajstić information content (AvgIpc) is 3.21. The molecule has 0 atom stereocenters. The summed E-state index contributed by atoms with van der Waals surface area (Å²) in [6, 6.07) is 10.8. The van der Waals surface area contributed by atoms with E-state index >= 15 is 0 Å². The number of nitrogens with one attached hydrogen (secondary N) is 1. The first kappa shape index (κ1) is 16.3. The molecule has 0 unspecified atom stereocenters. The molecule has 0 aliphatic carbocycles. The van der Waals surface area contributed by atoms with Gasteiger partial charge in [0, 0.05) is 11.1 Å². The van der Waals surface area contributed by atoms with Crippen LogP contribution >= 0.6 is 11.3 Å². The highest BCUT2D eigenvalue weighted by molar-refractivity contribution is 7.16. The monoisotopic (exact) mass is 368 g/mol. The molecule has 8 heteroatoms. The van der Waals surface area contributed by atoms with E-state index in [2.05, 4.69) is 10.4 Å². The lowest BCUT2D eigenvalue weighted by molar-refractivity contribution is -0.117. The van der Waals surface area contributed by atoms with E-state index in [0.29, 0.717) is 22.8 Å². The number of nitrogens with zero attached hydrogens (tertiary/aromatic N) is 3. The summed E-state index contributed by atoms with van der Waals surface area (Å²) in [6.45, 7) is 1.67. The Balaban J connectivity index is 1.62. The zero-order valence-electron chi connectivity index (χ0n) is 14.2. The van der Waals surface area contributed by atoms with Crippen molar-refractivity contribution < 1.29 is 9.53 Å². The van der Waals surface area contributed by atoms with E-state index in [-0.39, 0.29) is 18.0 Å². The number of methoxy groups -OCH3 is 1. The summed E-state index contributed by atoms with van der Waals surface area (Å²) in [5, 5.41) is 10.0. The predicted octanol–water partition coefficient (Wildman–Crippen LogP) is 2.67. The Morgan fingerprint density at radius 1 is 1.27 bits per heavy atom. The van der Waals surface area contributed by atoms with Gasteiger partial charge in [0.25, 0.3) is 5.56 Å². The highest BCUT2D eigenvalue weighted by Crippen LogP contribution is 2.24. The minimum absolute atomic E-state index is 0.152. The maximum Gasteiger partial charge on any atom is 0.291 e. The fourth-order valence-electron chi connectivity index (χ4n) is 2.92. The molecule has 26 heavy (non-hydrogen) atoms. The molecule has 0 saturated carbocycles. The molecule has 132 valence electrons. The van der Waals surface area contributed by atoms with Crippen molar-refractivity contribution in [2.24, 2.45) is 0 Å². The second-order valence-corrected chi connectivity index (χ2v) is 6.73. The molecule has 7 nitrogen and oxygen atoms in total. The molecule has 0 saturated heterocycles. The molecule has 0 aliphatic heterocycles. The summed E-state index contributed by atoms with van der Waals surface area (Å²) in [4.78, 5) is 26.0. The molecule has 0 aliphatic rings. The van der Waals surface area contributed by atoms with Crippen LogP contribution in [0.3, 0.4) is 0 Å². The predicted molar refractivity (Wildman–Crippen MR) is 101 cm³/mol. The first-order valence-electron chi connectivity index (χ1n) is 7.97. The van der Waals surface area contributed by atoms with E-state index in [9.17, 15) is 9.59 Å². The van der Waals surface area contributed by atoms with E-state index in [1.807, 2.05) is 28.8 Å². The number of hydrogen-bond donors (Lipinski definition) is 1. The summed E-state index contributed by atoms with van der Waals surface area (Å²) in [5.74, 6) is 1.05. The number of hydrogen-bond acceptors (Lipinski definition) is 5. The quantitative estimate of drug-likeness (QED) is 0.601. The number of fused-ring (bicyclic) bond motifs is 3. The fourth-order valence-corrected chi connectivity index (χ4v) is 3.86. The molecule has 0 bridgehead atoms. The van der Waals surface area contributed by atoms with Crippen molar-refractivity contribution >= 4 is 38.7 Å². The van der Waals surface area contributed by atoms with Crippen molar-refractivity contribution in [1.29, 1.82) is 0 Å². The van der Waals surface area contributed by atoms with Crippen LogP contribution in [-0.2, 0) is 11.3 Å². The number of anilines is 1. The minimum Gasteiger partial charge on any atom is -0.497 e. The number of carbonyl (C=O) groups is 1. The summed E-state index contributed by atoms with van der Waals surface area (Å²) in [5.41, 5.74) is 0.866. The highest BCUT2D eigenvalue weighted by atomic mass is 32.1. The molecule has 0 fully saturated rings. The maximum atomic E-state index is 12.7. The molecule has 4 aromatic rings. The Morgan fingerprint density at radius 2 is 2.04 bits per heavy atom. The molecule has 1 amide bonds. The average molecular weight is 368 g/mol.